The molecule has 0 bridgehead atoms. The molecule has 0 spiro atoms. The molecule has 1 aliphatic heterocycles. The zero-order valence-electron chi connectivity index (χ0n) is 14.8. The number of aromatic nitrogens is 2. The van der Waals surface area contributed by atoms with Gasteiger partial charge in [0.1, 0.15) is 0 Å². The van der Waals surface area contributed by atoms with Crippen molar-refractivity contribution >= 4 is 5.91 Å². The molecule has 28 heavy (non-hydrogen) atoms. The molecule has 1 unspecified atom stereocenters. The van der Waals surface area contributed by atoms with Crippen LogP contribution < -0.4 is 0 Å². The number of hydrogen-bond donors (Lipinski definition) is 0. The summed E-state index contributed by atoms with van der Waals surface area (Å²) in [5.74, 6) is -2.19. The minimum absolute atomic E-state index is 0.0320. The fourth-order valence-corrected chi connectivity index (χ4v) is 3.29. The minimum atomic E-state index is -4.53. The van der Waals surface area contributed by atoms with Crippen molar-refractivity contribution in [1.82, 2.24) is 14.7 Å². The molecule has 1 atom stereocenters. The van der Waals surface area contributed by atoms with E-state index < -0.39 is 36.3 Å². The topological polar surface area (TPSA) is 38.1 Å². The summed E-state index contributed by atoms with van der Waals surface area (Å²) in [5, 5.41) is 3.97. The van der Waals surface area contributed by atoms with E-state index in [1.807, 2.05) is 0 Å². The first-order valence-corrected chi connectivity index (χ1v) is 8.56. The third-order valence-corrected chi connectivity index (χ3v) is 4.83. The van der Waals surface area contributed by atoms with E-state index in [0.29, 0.717) is 0 Å². The second-order valence-electron chi connectivity index (χ2n) is 6.74. The molecule has 2 heterocycles. The van der Waals surface area contributed by atoms with Crippen LogP contribution in [0.2, 0.25) is 0 Å². The second-order valence-corrected chi connectivity index (χ2v) is 6.74. The first-order valence-electron chi connectivity index (χ1n) is 8.56. The predicted molar refractivity (Wildman–Crippen MR) is 88.0 cm³/mol. The minimum Gasteiger partial charge on any atom is -0.338 e. The van der Waals surface area contributed by atoms with Crippen molar-refractivity contribution in [3.05, 3.63) is 47.3 Å². The number of likely N-dealkylation sites (tertiary alicyclic amines) is 1. The van der Waals surface area contributed by atoms with E-state index in [2.05, 4.69) is 5.10 Å². The number of carbonyl (C=O) groups excluding carboxylic acids is 1. The summed E-state index contributed by atoms with van der Waals surface area (Å²) in [5.41, 5.74) is -0.422. The van der Waals surface area contributed by atoms with Crippen LogP contribution in [0, 0.1) is 12.8 Å². The lowest BCUT2D eigenvalue weighted by Crippen LogP contribution is -2.44. The van der Waals surface area contributed by atoms with E-state index in [1.54, 1.807) is 0 Å². The highest BCUT2D eigenvalue weighted by Crippen LogP contribution is 2.34. The van der Waals surface area contributed by atoms with Crippen molar-refractivity contribution in [3.63, 3.8) is 0 Å². The highest BCUT2D eigenvalue weighted by molar-refractivity contribution is 5.95. The average molecular weight is 405 g/mol. The van der Waals surface area contributed by atoms with Gasteiger partial charge in [0, 0.05) is 13.1 Å². The van der Waals surface area contributed by atoms with Gasteiger partial charge in [-0.2, -0.15) is 31.4 Å². The second kappa shape index (κ2) is 7.14. The summed E-state index contributed by atoms with van der Waals surface area (Å²) >= 11 is 0. The third kappa shape index (κ3) is 4.00. The van der Waals surface area contributed by atoms with Crippen molar-refractivity contribution in [2.24, 2.45) is 5.92 Å². The molecule has 10 heteroatoms. The van der Waals surface area contributed by atoms with Gasteiger partial charge in [0.25, 0.3) is 5.91 Å². The molecule has 3 rings (SSSR count). The van der Waals surface area contributed by atoms with Crippen molar-refractivity contribution in [2.75, 3.05) is 13.1 Å². The van der Waals surface area contributed by atoms with E-state index in [-0.39, 0.29) is 36.3 Å². The molecule has 4 nitrogen and oxygen atoms in total. The van der Waals surface area contributed by atoms with Crippen LogP contribution in [0.5, 0.6) is 0 Å². The van der Waals surface area contributed by atoms with Crippen LogP contribution in [0.3, 0.4) is 0 Å². The quantitative estimate of drug-likeness (QED) is 0.685. The Morgan fingerprint density at radius 1 is 1.18 bits per heavy atom. The van der Waals surface area contributed by atoms with Crippen LogP contribution in [-0.2, 0) is 6.18 Å². The van der Waals surface area contributed by atoms with Gasteiger partial charge >= 0.3 is 12.4 Å². The lowest BCUT2D eigenvalue weighted by molar-refractivity contribution is -0.184. The van der Waals surface area contributed by atoms with Crippen LogP contribution in [0.1, 0.15) is 34.5 Å². The molecule has 2 aromatic rings. The normalized spacial score (nSPS) is 18.4. The molecular weight excluding hydrogens is 388 g/mol. The largest absolute Gasteiger partial charge is 0.416 e. The third-order valence-electron chi connectivity index (χ3n) is 4.83. The maximum atomic E-state index is 13.0. The van der Waals surface area contributed by atoms with Gasteiger partial charge in [-0.3, -0.25) is 4.79 Å². The number of rotatable bonds is 2. The first kappa shape index (κ1) is 20.2. The maximum absolute atomic E-state index is 13.0. The van der Waals surface area contributed by atoms with Gasteiger partial charge in [-0.1, -0.05) is 6.07 Å². The Kier molecular flexibility index (Phi) is 5.16. The zero-order valence-corrected chi connectivity index (χ0v) is 14.8. The summed E-state index contributed by atoms with van der Waals surface area (Å²) in [6, 6.07) is 4.44. The molecule has 0 saturated carbocycles. The number of amides is 1. The zero-order chi connectivity index (χ0) is 20.7. The van der Waals surface area contributed by atoms with E-state index >= 15 is 0 Å². The fourth-order valence-electron chi connectivity index (χ4n) is 3.29. The van der Waals surface area contributed by atoms with Crippen LogP contribution in [-0.4, -0.2) is 39.9 Å². The van der Waals surface area contributed by atoms with Crippen molar-refractivity contribution in [3.8, 4) is 5.69 Å². The molecule has 0 radical (unpaired) electrons. The summed E-state index contributed by atoms with van der Waals surface area (Å²) in [6.07, 6.45) is -7.53. The van der Waals surface area contributed by atoms with Crippen LogP contribution in [0.4, 0.5) is 26.3 Å². The number of halogens is 6. The van der Waals surface area contributed by atoms with Crippen molar-refractivity contribution < 1.29 is 31.1 Å². The Labute approximate surface area is 156 Å². The Balaban J connectivity index is 1.86. The molecular formula is C18H17F6N3O. The lowest BCUT2D eigenvalue weighted by atomic mass is 9.97. The number of carbonyl (C=O) groups is 1. The molecule has 1 aromatic heterocycles. The maximum Gasteiger partial charge on any atom is 0.416 e. The number of benzene rings is 1. The number of hydrogen-bond acceptors (Lipinski definition) is 2. The molecule has 1 saturated heterocycles. The number of alkyl halides is 6. The van der Waals surface area contributed by atoms with E-state index in [0.717, 1.165) is 17.0 Å². The molecule has 0 aliphatic carbocycles. The number of piperidine rings is 1. The molecule has 1 amide bonds. The Hall–Kier alpha value is -2.52. The monoisotopic (exact) mass is 405 g/mol. The summed E-state index contributed by atoms with van der Waals surface area (Å²) in [7, 11) is 0. The van der Waals surface area contributed by atoms with Gasteiger partial charge in [-0.05, 0) is 38.0 Å². The first-order chi connectivity index (χ1) is 13.0. The molecule has 1 aromatic carbocycles. The Bertz CT molecular complexity index is 871. The smallest absolute Gasteiger partial charge is 0.338 e. The van der Waals surface area contributed by atoms with Crippen LogP contribution in [0.15, 0.2) is 30.5 Å². The van der Waals surface area contributed by atoms with E-state index in [4.69, 9.17) is 0 Å². The van der Waals surface area contributed by atoms with Gasteiger partial charge in [-0.15, -0.1) is 0 Å². The van der Waals surface area contributed by atoms with Gasteiger partial charge < -0.3 is 4.90 Å². The van der Waals surface area contributed by atoms with Crippen LogP contribution >= 0.6 is 0 Å². The van der Waals surface area contributed by atoms with Gasteiger partial charge in [0.05, 0.1) is 34.6 Å². The van der Waals surface area contributed by atoms with E-state index in [1.165, 1.54) is 29.9 Å². The molecule has 152 valence electrons. The highest BCUT2D eigenvalue weighted by atomic mass is 19.4. The summed E-state index contributed by atoms with van der Waals surface area (Å²) in [6.45, 7) is 1.25. The molecule has 1 fully saturated rings. The van der Waals surface area contributed by atoms with Gasteiger partial charge in [-0.25, -0.2) is 4.68 Å². The SMILES string of the molecule is Cc1c(C(=O)N2CCCC(C(F)(F)F)C2)cnn1-c1cccc(C(F)(F)F)c1. The van der Waals surface area contributed by atoms with Crippen molar-refractivity contribution in [1.29, 1.82) is 0 Å². The fraction of sp³-hybridized carbons (Fsp3) is 0.444. The standard InChI is InChI=1S/C18H17F6N3O/c1-11-15(16(28)26-7-3-5-13(10-26)18(22,23)24)9-25-27(11)14-6-2-4-12(8-14)17(19,20)21/h2,4,6,8-9,13H,3,5,7,10H2,1H3. The Morgan fingerprint density at radius 3 is 2.54 bits per heavy atom. The predicted octanol–water partition coefficient (Wildman–Crippen LogP) is 4.61. The Morgan fingerprint density at radius 2 is 1.89 bits per heavy atom. The number of nitrogens with zero attached hydrogens (tertiary/aromatic N) is 3. The van der Waals surface area contributed by atoms with Crippen LogP contribution in [0.25, 0.3) is 5.69 Å². The van der Waals surface area contributed by atoms with Gasteiger partial charge in [0.2, 0.25) is 0 Å². The van der Waals surface area contributed by atoms with Gasteiger partial charge in [0.15, 0.2) is 0 Å². The van der Waals surface area contributed by atoms with Crippen molar-refractivity contribution in [2.45, 2.75) is 32.1 Å². The average Bonchev–Trinajstić information content (AvgIpc) is 3.01. The lowest BCUT2D eigenvalue weighted by Gasteiger charge is -2.33. The van der Waals surface area contributed by atoms with E-state index in [9.17, 15) is 31.1 Å². The molecule has 0 N–H and O–H groups in total. The highest BCUT2D eigenvalue weighted by Gasteiger charge is 2.43. The summed E-state index contributed by atoms with van der Waals surface area (Å²) < 4.78 is 78.8. The molecule has 1 aliphatic rings. The summed E-state index contributed by atoms with van der Waals surface area (Å²) in [4.78, 5) is 13.8.